The van der Waals surface area contributed by atoms with Gasteiger partial charge < -0.3 is 10.6 Å². The fraction of sp³-hybridized carbons (Fsp3) is 0.471. The molecule has 1 unspecified atom stereocenters. The lowest BCUT2D eigenvalue weighted by atomic mass is 10.1. The molecule has 0 fully saturated rings. The maximum absolute atomic E-state index is 13.2. The normalized spacial score (nSPS) is 12.1. The Morgan fingerprint density at radius 3 is 2.57 bits per heavy atom. The zero-order chi connectivity index (χ0) is 16.7. The summed E-state index contributed by atoms with van der Waals surface area (Å²) in [4.78, 5) is 14.6. The molecule has 1 heterocycles. The molecule has 1 atom stereocenters. The smallest absolute Gasteiger partial charge is 0.230 e. The number of benzene rings is 1. The van der Waals surface area contributed by atoms with Gasteiger partial charge in [-0.2, -0.15) is 15.0 Å². The molecule has 5 nitrogen and oxygen atoms in total. The standard InChI is InChI=1S/C17H24FN5/c1-3-23(11-7-10-14-8-5-4-6-9-14)17-21-15(12-13(2)18)20-16(19)22-17/h4-6,8-9,13H,3,7,10-12H2,1-2H3,(H2,19,20,21,22). The number of anilines is 2. The quantitative estimate of drug-likeness (QED) is 0.811. The van der Waals surface area contributed by atoms with Crippen LogP contribution in [0.2, 0.25) is 0 Å². The third kappa shape index (κ3) is 5.47. The molecule has 0 aliphatic heterocycles. The molecule has 0 aliphatic carbocycles. The molecule has 0 bridgehead atoms. The molecule has 1 aromatic carbocycles. The van der Waals surface area contributed by atoms with Gasteiger partial charge in [-0.1, -0.05) is 30.3 Å². The SMILES string of the molecule is CCN(CCCc1ccccc1)c1nc(N)nc(CC(C)F)n1. The van der Waals surface area contributed by atoms with Crippen LogP contribution in [0.25, 0.3) is 0 Å². The Hall–Kier alpha value is -2.24. The van der Waals surface area contributed by atoms with Crippen molar-refractivity contribution in [2.24, 2.45) is 0 Å². The summed E-state index contributed by atoms with van der Waals surface area (Å²) in [6.07, 6.45) is 1.13. The van der Waals surface area contributed by atoms with E-state index in [1.54, 1.807) is 0 Å². The number of halogens is 1. The Labute approximate surface area is 136 Å². The molecule has 2 N–H and O–H groups in total. The molecule has 0 saturated carbocycles. The molecule has 2 rings (SSSR count). The second-order valence-corrected chi connectivity index (χ2v) is 5.56. The highest BCUT2D eigenvalue weighted by molar-refractivity contribution is 5.34. The zero-order valence-corrected chi connectivity index (χ0v) is 13.7. The van der Waals surface area contributed by atoms with Crippen molar-refractivity contribution in [1.29, 1.82) is 0 Å². The number of hydrogen-bond donors (Lipinski definition) is 1. The highest BCUT2D eigenvalue weighted by Crippen LogP contribution is 2.12. The molecular formula is C17H24FN5. The first-order valence-corrected chi connectivity index (χ1v) is 8.02. The largest absolute Gasteiger partial charge is 0.368 e. The number of rotatable bonds is 8. The summed E-state index contributed by atoms with van der Waals surface area (Å²) in [5, 5.41) is 0. The van der Waals surface area contributed by atoms with Crippen molar-refractivity contribution in [3.05, 3.63) is 41.7 Å². The van der Waals surface area contributed by atoms with Gasteiger partial charge in [-0.25, -0.2) is 4.39 Å². The number of aryl methyl sites for hydroxylation is 1. The van der Waals surface area contributed by atoms with Crippen LogP contribution in [0.4, 0.5) is 16.3 Å². The van der Waals surface area contributed by atoms with Gasteiger partial charge in [0.2, 0.25) is 11.9 Å². The van der Waals surface area contributed by atoms with Crippen LogP contribution in [0.1, 0.15) is 31.7 Å². The van der Waals surface area contributed by atoms with Gasteiger partial charge in [0.25, 0.3) is 0 Å². The first-order valence-electron chi connectivity index (χ1n) is 8.02. The van der Waals surface area contributed by atoms with E-state index in [1.807, 2.05) is 30.0 Å². The van der Waals surface area contributed by atoms with Crippen molar-refractivity contribution in [1.82, 2.24) is 15.0 Å². The van der Waals surface area contributed by atoms with E-state index in [2.05, 4.69) is 27.1 Å². The molecule has 0 radical (unpaired) electrons. The van der Waals surface area contributed by atoms with E-state index in [1.165, 1.54) is 12.5 Å². The Kier molecular flexibility index (Phi) is 6.26. The van der Waals surface area contributed by atoms with Gasteiger partial charge in [0, 0.05) is 19.5 Å². The topological polar surface area (TPSA) is 67.9 Å². The molecule has 0 amide bonds. The Morgan fingerprint density at radius 1 is 1.17 bits per heavy atom. The van der Waals surface area contributed by atoms with E-state index < -0.39 is 6.17 Å². The third-order valence-corrected chi connectivity index (χ3v) is 3.55. The van der Waals surface area contributed by atoms with Crippen LogP contribution < -0.4 is 10.6 Å². The number of nitrogen functional groups attached to an aromatic ring is 1. The summed E-state index contributed by atoms with van der Waals surface area (Å²) in [5.41, 5.74) is 7.05. The van der Waals surface area contributed by atoms with Crippen LogP contribution in [-0.4, -0.2) is 34.2 Å². The first kappa shape index (κ1) is 17.1. The lowest BCUT2D eigenvalue weighted by molar-refractivity contribution is 0.354. The maximum Gasteiger partial charge on any atom is 0.230 e. The van der Waals surface area contributed by atoms with Gasteiger partial charge in [0.05, 0.1) is 0 Å². The highest BCUT2D eigenvalue weighted by Gasteiger charge is 2.13. The first-order chi connectivity index (χ1) is 11.1. The minimum absolute atomic E-state index is 0.146. The summed E-state index contributed by atoms with van der Waals surface area (Å²) in [5.74, 6) is 1.08. The molecule has 2 aromatic rings. The van der Waals surface area contributed by atoms with E-state index in [0.717, 1.165) is 25.9 Å². The van der Waals surface area contributed by atoms with E-state index in [4.69, 9.17) is 5.73 Å². The van der Waals surface area contributed by atoms with Gasteiger partial charge in [0.15, 0.2) is 0 Å². The molecular weight excluding hydrogens is 293 g/mol. The predicted molar refractivity (Wildman–Crippen MR) is 91.2 cm³/mol. The highest BCUT2D eigenvalue weighted by atomic mass is 19.1. The van der Waals surface area contributed by atoms with Crippen molar-refractivity contribution >= 4 is 11.9 Å². The molecule has 0 aliphatic rings. The van der Waals surface area contributed by atoms with Crippen molar-refractivity contribution in [3.8, 4) is 0 Å². The molecule has 0 saturated heterocycles. The number of nitrogens with zero attached hydrogens (tertiary/aromatic N) is 4. The fourth-order valence-electron chi connectivity index (χ4n) is 2.43. The van der Waals surface area contributed by atoms with Crippen LogP contribution in [0.3, 0.4) is 0 Å². The van der Waals surface area contributed by atoms with E-state index >= 15 is 0 Å². The van der Waals surface area contributed by atoms with Crippen LogP contribution in [0, 0.1) is 0 Å². The molecule has 1 aromatic heterocycles. The van der Waals surface area contributed by atoms with Crippen molar-refractivity contribution < 1.29 is 4.39 Å². The number of alkyl halides is 1. The molecule has 0 spiro atoms. The van der Waals surface area contributed by atoms with Gasteiger partial charge in [-0.15, -0.1) is 0 Å². The van der Waals surface area contributed by atoms with E-state index in [9.17, 15) is 4.39 Å². The van der Waals surface area contributed by atoms with Crippen molar-refractivity contribution in [2.45, 2.75) is 39.3 Å². The van der Waals surface area contributed by atoms with E-state index in [-0.39, 0.29) is 12.4 Å². The second-order valence-electron chi connectivity index (χ2n) is 5.56. The van der Waals surface area contributed by atoms with Crippen molar-refractivity contribution in [2.75, 3.05) is 23.7 Å². The zero-order valence-electron chi connectivity index (χ0n) is 13.7. The van der Waals surface area contributed by atoms with Crippen LogP contribution in [0.5, 0.6) is 0 Å². The summed E-state index contributed by atoms with van der Waals surface area (Å²) in [6.45, 7) is 5.11. The van der Waals surface area contributed by atoms with Gasteiger partial charge in [-0.3, -0.25) is 0 Å². The Bertz CT molecular complexity index is 603. The number of nitrogens with two attached hydrogens (primary N) is 1. The molecule has 124 valence electrons. The van der Waals surface area contributed by atoms with Gasteiger partial charge in [0.1, 0.15) is 12.0 Å². The second kappa shape index (κ2) is 8.41. The van der Waals surface area contributed by atoms with Gasteiger partial charge >= 0.3 is 0 Å². The summed E-state index contributed by atoms with van der Waals surface area (Å²) >= 11 is 0. The molecule has 23 heavy (non-hydrogen) atoms. The average molecular weight is 317 g/mol. The Balaban J connectivity index is 2.00. The average Bonchev–Trinajstić information content (AvgIpc) is 2.51. The summed E-state index contributed by atoms with van der Waals surface area (Å²) < 4.78 is 13.2. The Morgan fingerprint density at radius 2 is 1.91 bits per heavy atom. The molecule has 6 heteroatoms. The lowest BCUT2D eigenvalue weighted by Gasteiger charge is -2.21. The number of aromatic nitrogens is 3. The third-order valence-electron chi connectivity index (χ3n) is 3.55. The van der Waals surface area contributed by atoms with Crippen LogP contribution >= 0.6 is 0 Å². The minimum atomic E-state index is -1.00. The monoisotopic (exact) mass is 317 g/mol. The maximum atomic E-state index is 13.2. The predicted octanol–water partition coefficient (Wildman–Crippen LogP) is 2.81. The summed E-state index contributed by atoms with van der Waals surface area (Å²) in [7, 11) is 0. The van der Waals surface area contributed by atoms with E-state index in [0.29, 0.717) is 11.8 Å². The van der Waals surface area contributed by atoms with Gasteiger partial charge in [-0.05, 0) is 32.3 Å². The number of hydrogen-bond acceptors (Lipinski definition) is 5. The fourth-order valence-corrected chi connectivity index (χ4v) is 2.43. The minimum Gasteiger partial charge on any atom is -0.368 e. The summed E-state index contributed by atoms with van der Waals surface area (Å²) in [6, 6.07) is 10.4. The van der Waals surface area contributed by atoms with Crippen LogP contribution in [0.15, 0.2) is 30.3 Å². The van der Waals surface area contributed by atoms with Crippen molar-refractivity contribution in [3.63, 3.8) is 0 Å². The van der Waals surface area contributed by atoms with Crippen LogP contribution in [-0.2, 0) is 12.8 Å². The lowest BCUT2D eigenvalue weighted by Crippen LogP contribution is -2.27.